The third kappa shape index (κ3) is 6.23. The largest absolute Gasteiger partial charge is 0.480 e. The Kier molecular flexibility index (Phi) is 8.47. The topological polar surface area (TPSA) is 211 Å². The fourth-order valence-corrected chi connectivity index (χ4v) is 3.26. The van der Waals surface area contributed by atoms with Gasteiger partial charge in [0.25, 0.3) is 0 Å². The van der Waals surface area contributed by atoms with Gasteiger partial charge in [-0.1, -0.05) is 0 Å². The molecule has 13 heteroatoms. The van der Waals surface area contributed by atoms with E-state index in [4.69, 9.17) is 5.73 Å². The molecule has 1 aromatic heterocycles. The van der Waals surface area contributed by atoms with Gasteiger partial charge in [-0.05, 0) is 19.8 Å². The van der Waals surface area contributed by atoms with Crippen molar-refractivity contribution in [3.05, 3.63) is 18.2 Å². The number of carbonyl (C=O) groups is 4. The maximum atomic E-state index is 12.8. The zero-order valence-electron chi connectivity index (χ0n) is 17.0. The minimum absolute atomic E-state index is 0.0195. The van der Waals surface area contributed by atoms with Crippen LogP contribution in [0.2, 0.25) is 0 Å². The average molecular weight is 440 g/mol. The summed E-state index contributed by atoms with van der Waals surface area (Å²) in [5.41, 5.74) is 6.05. The molecule has 172 valence electrons. The minimum atomic E-state index is -1.36. The van der Waals surface area contributed by atoms with Crippen molar-refractivity contribution in [2.75, 3.05) is 13.2 Å². The highest BCUT2D eigenvalue weighted by molar-refractivity contribution is 5.94. The van der Waals surface area contributed by atoms with Gasteiger partial charge < -0.3 is 41.6 Å². The van der Waals surface area contributed by atoms with Crippen molar-refractivity contribution in [1.29, 1.82) is 0 Å². The van der Waals surface area contributed by atoms with Crippen molar-refractivity contribution in [2.24, 2.45) is 5.73 Å². The SMILES string of the molecule is CC(O)C(N)C(=O)NC(CO)C(=O)N1CCCC1C(=O)NC(Cc1cnc[nH]1)C(=O)O. The number of aromatic amines is 1. The van der Waals surface area contributed by atoms with Crippen molar-refractivity contribution in [3.8, 4) is 0 Å². The van der Waals surface area contributed by atoms with E-state index in [0.29, 0.717) is 18.5 Å². The van der Waals surface area contributed by atoms with Gasteiger partial charge in [-0.3, -0.25) is 14.4 Å². The molecule has 13 nitrogen and oxygen atoms in total. The lowest BCUT2D eigenvalue weighted by atomic mass is 10.1. The fraction of sp³-hybridized carbons (Fsp3) is 0.611. The third-order valence-corrected chi connectivity index (χ3v) is 5.05. The van der Waals surface area contributed by atoms with E-state index in [9.17, 15) is 34.5 Å². The van der Waals surface area contributed by atoms with Crippen LogP contribution in [0.5, 0.6) is 0 Å². The number of hydrogen-bond acceptors (Lipinski definition) is 8. The number of nitrogens with zero attached hydrogens (tertiary/aromatic N) is 2. The summed E-state index contributed by atoms with van der Waals surface area (Å²) in [7, 11) is 0. The van der Waals surface area contributed by atoms with E-state index in [2.05, 4.69) is 20.6 Å². The van der Waals surface area contributed by atoms with Crippen molar-refractivity contribution in [3.63, 3.8) is 0 Å². The molecule has 3 amide bonds. The van der Waals surface area contributed by atoms with Crippen LogP contribution in [0.25, 0.3) is 0 Å². The summed E-state index contributed by atoms with van der Waals surface area (Å²) in [6.07, 6.45) is 2.44. The average Bonchev–Trinajstić information content (AvgIpc) is 3.41. The number of aliphatic carboxylic acids is 1. The van der Waals surface area contributed by atoms with Crippen LogP contribution >= 0.6 is 0 Å². The Morgan fingerprint density at radius 2 is 2.03 bits per heavy atom. The number of hydrogen-bond donors (Lipinski definition) is 7. The summed E-state index contributed by atoms with van der Waals surface area (Å²) in [5.74, 6) is -3.42. The number of nitrogens with one attached hydrogen (secondary N) is 3. The van der Waals surface area contributed by atoms with Crippen LogP contribution in [-0.4, -0.2) is 97.3 Å². The van der Waals surface area contributed by atoms with E-state index in [-0.39, 0.29) is 13.0 Å². The first-order valence-electron chi connectivity index (χ1n) is 9.81. The van der Waals surface area contributed by atoms with Crippen LogP contribution in [0.4, 0.5) is 0 Å². The Labute approximate surface area is 178 Å². The molecule has 2 rings (SSSR count). The van der Waals surface area contributed by atoms with Gasteiger partial charge in [0.2, 0.25) is 17.7 Å². The molecule has 0 aliphatic carbocycles. The number of aliphatic hydroxyl groups is 2. The summed E-state index contributed by atoms with van der Waals surface area (Å²) in [6.45, 7) is 0.770. The molecule has 8 N–H and O–H groups in total. The lowest BCUT2D eigenvalue weighted by molar-refractivity contribution is -0.145. The van der Waals surface area contributed by atoms with Gasteiger partial charge in [0.05, 0.1) is 19.0 Å². The molecule has 0 saturated carbocycles. The van der Waals surface area contributed by atoms with Crippen LogP contribution < -0.4 is 16.4 Å². The number of H-pyrrole nitrogens is 1. The van der Waals surface area contributed by atoms with Crippen LogP contribution in [0, 0.1) is 0 Å². The van der Waals surface area contributed by atoms with Gasteiger partial charge in [0.15, 0.2) is 0 Å². The summed E-state index contributed by atoms with van der Waals surface area (Å²) in [6, 6.07) is -4.83. The number of carboxylic acids is 1. The Morgan fingerprint density at radius 3 is 2.58 bits per heavy atom. The predicted octanol–water partition coefficient (Wildman–Crippen LogP) is -3.30. The van der Waals surface area contributed by atoms with Crippen LogP contribution in [0.15, 0.2) is 12.5 Å². The van der Waals surface area contributed by atoms with Crippen molar-refractivity contribution >= 4 is 23.7 Å². The molecule has 1 saturated heterocycles. The first-order valence-corrected chi connectivity index (χ1v) is 9.81. The van der Waals surface area contributed by atoms with Crippen molar-refractivity contribution in [1.82, 2.24) is 25.5 Å². The van der Waals surface area contributed by atoms with Gasteiger partial charge in [-0.2, -0.15) is 0 Å². The summed E-state index contributed by atoms with van der Waals surface area (Å²) >= 11 is 0. The maximum Gasteiger partial charge on any atom is 0.326 e. The highest BCUT2D eigenvalue weighted by atomic mass is 16.4. The number of imidazole rings is 1. The van der Waals surface area contributed by atoms with Crippen LogP contribution in [0.1, 0.15) is 25.5 Å². The number of amides is 3. The van der Waals surface area contributed by atoms with Gasteiger partial charge in [0, 0.05) is 24.9 Å². The molecule has 31 heavy (non-hydrogen) atoms. The van der Waals surface area contributed by atoms with Gasteiger partial charge in [-0.25, -0.2) is 9.78 Å². The Morgan fingerprint density at radius 1 is 1.32 bits per heavy atom. The van der Waals surface area contributed by atoms with Gasteiger partial charge >= 0.3 is 5.97 Å². The molecule has 5 unspecified atom stereocenters. The Balaban J connectivity index is 2.05. The van der Waals surface area contributed by atoms with E-state index in [0.717, 1.165) is 0 Å². The molecule has 5 atom stereocenters. The number of rotatable bonds is 10. The van der Waals surface area contributed by atoms with E-state index < -0.39 is 60.6 Å². The quantitative estimate of drug-likeness (QED) is 0.194. The monoisotopic (exact) mass is 440 g/mol. The Bertz CT molecular complexity index is 784. The maximum absolute atomic E-state index is 12.8. The van der Waals surface area contributed by atoms with E-state index in [1.54, 1.807) is 0 Å². The lowest BCUT2D eigenvalue weighted by Gasteiger charge is -2.29. The number of carboxylic acid groups (broad SMARTS) is 1. The molecule has 0 radical (unpaired) electrons. The molecule has 0 aromatic carbocycles. The normalized spacial score (nSPS) is 19.9. The molecule has 1 aliphatic rings. The molecule has 0 spiro atoms. The lowest BCUT2D eigenvalue weighted by Crippen LogP contribution is -2.59. The number of nitrogens with two attached hydrogens (primary N) is 1. The summed E-state index contributed by atoms with van der Waals surface area (Å²) < 4.78 is 0. The second-order valence-corrected chi connectivity index (χ2v) is 7.38. The van der Waals surface area contributed by atoms with Gasteiger partial charge in [-0.15, -0.1) is 0 Å². The second kappa shape index (κ2) is 10.8. The molecular weight excluding hydrogens is 412 g/mol. The zero-order valence-corrected chi connectivity index (χ0v) is 17.0. The Hall–Kier alpha value is -3.03. The highest BCUT2D eigenvalue weighted by Gasteiger charge is 2.39. The molecule has 1 fully saturated rings. The molecular formula is C18H28N6O7. The highest BCUT2D eigenvalue weighted by Crippen LogP contribution is 2.19. The fourth-order valence-electron chi connectivity index (χ4n) is 3.26. The van der Waals surface area contributed by atoms with E-state index in [1.807, 2.05) is 0 Å². The number of carbonyl (C=O) groups excluding carboxylic acids is 3. The zero-order chi connectivity index (χ0) is 23.1. The van der Waals surface area contributed by atoms with Crippen LogP contribution in [0.3, 0.4) is 0 Å². The number of aliphatic hydroxyl groups excluding tert-OH is 2. The molecule has 1 aromatic rings. The number of aromatic nitrogens is 2. The van der Waals surface area contributed by atoms with Crippen molar-refractivity contribution < 1.29 is 34.5 Å². The van der Waals surface area contributed by atoms with Gasteiger partial charge in [0.1, 0.15) is 24.2 Å². The molecule has 0 bridgehead atoms. The van der Waals surface area contributed by atoms with Crippen LogP contribution in [-0.2, 0) is 25.6 Å². The van der Waals surface area contributed by atoms with E-state index in [1.165, 1.54) is 24.3 Å². The first-order chi connectivity index (χ1) is 14.6. The van der Waals surface area contributed by atoms with E-state index >= 15 is 0 Å². The first kappa shape index (κ1) is 24.2. The van der Waals surface area contributed by atoms with Crippen molar-refractivity contribution in [2.45, 2.75) is 56.5 Å². The minimum Gasteiger partial charge on any atom is -0.480 e. The number of likely N-dealkylation sites (tertiary alicyclic amines) is 1. The summed E-state index contributed by atoms with van der Waals surface area (Å²) in [4.78, 5) is 56.9. The third-order valence-electron chi connectivity index (χ3n) is 5.05. The smallest absolute Gasteiger partial charge is 0.326 e. The predicted molar refractivity (Wildman–Crippen MR) is 105 cm³/mol. The second-order valence-electron chi connectivity index (χ2n) is 7.38. The standard InChI is InChI=1S/C18H28N6O7/c1-9(26)14(19)16(28)23-12(7-25)17(29)24-4-2-3-13(24)15(27)22-11(18(30)31)5-10-6-20-8-21-10/h6,8-9,11-14,25-26H,2-5,7,19H2,1H3,(H,20,21)(H,22,27)(H,23,28)(H,30,31). The summed E-state index contributed by atoms with van der Waals surface area (Å²) in [5, 5.41) is 33.1. The molecule has 1 aliphatic heterocycles. The molecule has 2 heterocycles.